The van der Waals surface area contributed by atoms with Gasteiger partial charge >= 0.3 is 6.03 Å². The average molecular weight is 1100 g/mol. The van der Waals surface area contributed by atoms with Gasteiger partial charge in [-0.15, -0.1) is 0 Å². The smallest absolute Gasteiger partial charge is 0.315 e. The van der Waals surface area contributed by atoms with Crippen molar-refractivity contribution >= 4 is 58.3 Å². The van der Waals surface area contributed by atoms with E-state index in [-0.39, 0.29) is 54.2 Å². The molecule has 22 heteroatoms. The molecule has 2 aromatic carbocycles. The third-order valence-corrected chi connectivity index (χ3v) is 15.4. The number of nitrogen functional groups attached to an aromatic ring is 1. The van der Waals surface area contributed by atoms with Crippen molar-refractivity contribution in [2.45, 2.75) is 107 Å². The third kappa shape index (κ3) is 19.5. The van der Waals surface area contributed by atoms with Crippen LogP contribution in [-0.4, -0.2) is 175 Å². The van der Waals surface area contributed by atoms with E-state index in [4.69, 9.17) is 29.8 Å². The fourth-order valence-corrected chi connectivity index (χ4v) is 11.2. The third-order valence-electron chi connectivity index (χ3n) is 13.9. The highest BCUT2D eigenvalue weighted by molar-refractivity contribution is 8.00. The number of piperidine rings is 1. The number of carbonyl (C=O) groups is 5. The highest BCUT2D eigenvalue weighted by Crippen LogP contribution is 2.36. The first-order valence-electron chi connectivity index (χ1n) is 27.8. The van der Waals surface area contributed by atoms with E-state index in [2.05, 4.69) is 41.5 Å². The molecule has 0 saturated carbocycles. The zero-order chi connectivity index (χ0) is 54.7. The highest BCUT2D eigenvalue weighted by atomic mass is 32.2. The number of carbonyl (C=O) groups excluding carboxylic acids is 5. The van der Waals surface area contributed by atoms with Gasteiger partial charge in [0.1, 0.15) is 29.3 Å². The number of nitrogens with two attached hydrogens (primary N) is 1. The second-order valence-corrected chi connectivity index (χ2v) is 21.2. The Labute approximate surface area is 462 Å². The number of amides is 6. The number of nitrogens with zero attached hydrogens (tertiary/aromatic N) is 6. The second kappa shape index (κ2) is 32.5. The van der Waals surface area contributed by atoms with Crippen LogP contribution in [0.3, 0.4) is 0 Å². The molecule has 5 heterocycles. The summed E-state index contributed by atoms with van der Waals surface area (Å²) in [6.45, 7) is 7.13. The molecule has 0 radical (unpaired) electrons. The molecule has 78 heavy (non-hydrogen) atoms. The molecule has 3 saturated heterocycles. The SMILES string of the molecule is CN(CC=CC(=O)N1CCCC(n2nc(-c3ccc(Oc4ccccc4)cc3)c3c(N)ncnc32)C1)CCCCNC(=O)CCCC(=O)NCCCOCCOCCOCCCNC(=O)CCCCC1SCC2NC(=O)NC21. The zero-order valence-electron chi connectivity index (χ0n) is 45.2. The Morgan fingerprint density at radius 2 is 1.44 bits per heavy atom. The molecule has 21 nitrogen and oxygen atoms in total. The molecule has 424 valence electrons. The van der Waals surface area contributed by atoms with Crippen molar-refractivity contribution in [1.29, 1.82) is 0 Å². The van der Waals surface area contributed by atoms with Crippen molar-refractivity contribution in [2.75, 3.05) is 104 Å². The molecule has 0 spiro atoms. The number of likely N-dealkylation sites (tertiary alicyclic amines) is 1. The van der Waals surface area contributed by atoms with Crippen LogP contribution in [0.5, 0.6) is 11.5 Å². The maximum Gasteiger partial charge on any atom is 0.315 e. The lowest BCUT2D eigenvalue weighted by Crippen LogP contribution is -2.40. The van der Waals surface area contributed by atoms with E-state index in [0.29, 0.717) is 138 Å². The number of thioether (sulfide) groups is 1. The van der Waals surface area contributed by atoms with Gasteiger partial charge in [0.15, 0.2) is 5.65 Å². The number of fused-ring (bicyclic) bond motifs is 2. The van der Waals surface area contributed by atoms with Gasteiger partial charge in [-0.2, -0.15) is 16.9 Å². The summed E-state index contributed by atoms with van der Waals surface area (Å²) < 4.78 is 24.6. The summed E-state index contributed by atoms with van der Waals surface area (Å²) in [6.07, 6.45) is 14.2. The summed E-state index contributed by atoms with van der Waals surface area (Å²) >= 11 is 1.90. The van der Waals surface area contributed by atoms with E-state index in [1.807, 2.05) is 89.1 Å². The quantitative estimate of drug-likeness (QED) is 0.0192. The van der Waals surface area contributed by atoms with Crippen LogP contribution in [0.15, 0.2) is 73.1 Å². The number of para-hydroxylation sites is 1. The molecular formula is C56H80N12O9S. The number of likely N-dealkylation sites (N-methyl/N-ethyl adjacent to an activating group) is 1. The number of anilines is 1. The predicted octanol–water partition coefficient (Wildman–Crippen LogP) is 5.37. The van der Waals surface area contributed by atoms with Gasteiger partial charge in [-0.3, -0.25) is 19.2 Å². The maximum absolute atomic E-state index is 13.4. The molecule has 7 rings (SSSR count). The van der Waals surface area contributed by atoms with Crippen LogP contribution in [0.1, 0.15) is 89.5 Å². The second-order valence-electron chi connectivity index (χ2n) is 20.0. The predicted molar refractivity (Wildman–Crippen MR) is 301 cm³/mol. The fraction of sp³-hybridized carbons (Fsp3) is 0.571. The largest absolute Gasteiger partial charge is 0.457 e. The van der Waals surface area contributed by atoms with Gasteiger partial charge in [0.2, 0.25) is 23.6 Å². The molecule has 3 aliphatic rings. The number of nitrogens with one attached hydrogen (secondary N) is 5. The summed E-state index contributed by atoms with van der Waals surface area (Å²) in [4.78, 5) is 74.6. The standard InChI is InChI=1S/C56H80N12O9S/c1-66(30-11-21-50(72)67-31-10-14-42(38-67)68-55-51(54(57)61-40-62-55)52(65-68)41-22-24-44(25-23-41)77-43-15-3-2-4-16-43)29-8-7-26-58-48(70)19-9-20-49(71)60-28-13-33-75-35-37-76-36-34-74-32-12-27-59-47(69)18-6-5-17-46-53-45(39-78-46)63-56(73)64-53/h2-4,11,15-16,21-25,40,42,45-46,53H,5-10,12-14,17-20,26-39H2,1H3,(H,58,70)(H,59,69)(H,60,71)(H2,57,61,62)(H2,63,64,73). The summed E-state index contributed by atoms with van der Waals surface area (Å²) in [5.41, 5.74) is 8.59. The van der Waals surface area contributed by atoms with Gasteiger partial charge in [-0.25, -0.2) is 19.4 Å². The molecule has 3 fully saturated rings. The van der Waals surface area contributed by atoms with E-state index in [9.17, 15) is 24.0 Å². The summed E-state index contributed by atoms with van der Waals surface area (Å²) in [7, 11) is 2.01. The first kappa shape index (κ1) is 59.3. The van der Waals surface area contributed by atoms with E-state index in [1.54, 1.807) is 6.08 Å². The van der Waals surface area contributed by atoms with E-state index < -0.39 is 0 Å². The summed E-state index contributed by atoms with van der Waals surface area (Å²) in [5, 5.41) is 20.9. The Bertz CT molecular complexity index is 2540. The van der Waals surface area contributed by atoms with E-state index in [1.165, 1.54) is 6.33 Å². The lowest BCUT2D eigenvalue weighted by molar-refractivity contribution is -0.127. The van der Waals surface area contributed by atoms with E-state index in [0.717, 1.165) is 75.0 Å². The van der Waals surface area contributed by atoms with Crippen LogP contribution in [-0.2, 0) is 33.4 Å². The van der Waals surface area contributed by atoms with Crippen LogP contribution in [0.4, 0.5) is 10.6 Å². The van der Waals surface area contributed by atoms with Crippen molar-refractivity contribution in [3.8, 4) is 22.8 Å². The minimum atomic E-state index is -0.0859. The molecule has 7 N–H and O–H groups in total. The zero-order valence-corrected chi connectivity index (χ0v) is 46.0. The van der Waals surface area contributed by atoms with Gasteiger partial charge in [-0.1, -0.05) is 30.7 Å². The van der Waals surface area contributed by atoms with E-state index >= 15 is 0 Å². The van der Waals surface area contributed by atoms with Gasteiger partial charge in [0, 0.05) is 94.4 Å². The molecule has 3 aliphatic heterocycles. The fourth-order valence-electron chi connectivity index (χ4n) is 9.67. The normalized spacial score (nSPS) is 18.0. The molecule has 2 aromatic heterocycles. The van der Waals surface area contributed by atoms with Crippen LogP contribution < -0.4 is 37.1 Å². The number of unbranched alkanes of at least 4 members (excludes halogenated alkanes) is 2. The van der Waals surface area contributed by atoms with Crippen molar-refractivity contribution in [1.82, 2.24) is 56.1 Å². The topological polar surface area (TPSA) is 259 Å². The minimum absolute atomic E-state index is 0.0413. The van der Waals surface area contributed by atoms with Crippen molar-refractivity contribution < 1.29 is 42.9 Å². The molecule has 6 amide bonds. The summed E-state index contributed by atoms with van der Waals surface area (Å²) in [6, 6.07) is 17.6. The minimum Gasteiger partial charge on any atom is -0.457 e. The highest BCUT2D eigenvalue weighted by Gasteiger charge is 2.42. The van der Waals surface area contributed by atoms with Crippen LogP contribution >= 0.6 is 11.8 Å². The molecular weight excluding hydrogens is 1020 g/mol. The first-order chi connectivity index (χ1) is 38.1. The van der Waals surface area contributed by atoms with Crippen LogP contribution in [0.2, 0.25) is 0 Å². The number of benzene rings is 2. The van der Waals surface area contributed by atoms with Gasteiger partial charge in [0.25, 0.3) is 0 Å². The van der Waals surface area contributed by atoms with Gasteiger partial charge in [0.05, 0.1) is 49.9 Å². The number of hydrogen-bond donors (Lipinski definition) is 6. The Kier molecular flexibility index (Phi) is 24.8. The van der Waals surface area contributed by atoms with Gasteiger partial charge in [-0.05, 0) is 108 Å². The lowest BCUT2D eigenvalue weighted by Gasteiger charge is -2.32. The van der Waals surface area contributed by atoms with Crippen molar-refractivity contribution in [2.24, 2.45) is 0 Å². The number of hydrogen-bond acceptors (Lipinski definition) is 15. The average Bonchev–Trinajstić information content (AvgIpc) is 4.26. The monoisotopic (exact) mass is 1100 g/mol. The van der Waals surface area contributed by atoms with Crippen molar-refractivity contribution in [3.05, 3.63) is 73.1 Å². The number of ether oxygens (including phenoxy) is 4. The molecule has 0 bridgehead atoms. The molecule has 4 atom stereocenters. The number of rotatable bonds is 35. The maximum atomic E-state index is 13.4. The number of aromatic nitrogens is 4. The Balaban J connectivity index is 0.635. The summed E-state index contributed by atoms with van der Waals surface area (Å²) in [5.74, 6) is 2.63. The Morgan fingerprint density at radius 3 is 2.14 bits per heavy atom. The Hall–Kier alpha value is -6.33. The number of urea groups is 1. The van der Waals surface area contributed by atoms with Gasteiger partial charge < -0.3 is 61.1 Å². The first-order valence-corrected chi connectivity index (χ1v) is 28.8. The lowest BCUT2D eigenvalue weighted by atomic mass is 10.0. The van der Waals surface area contributed by atoms with Crippen LogP contribution in [0.25, 0.3) is 22.3 Å². The molecule has 0 aliphatic carbocycles. The van der Waals surface area contributed by atoms with Crippen LogP contribution in [0, 0.1) is 0 Å². The molecule has 4 unspecified atom stereocenters. The van der Waals surface area contributed by atoms with Crippen molar-refractivity contribution in [3.63, 3.8) is 0 Å². The molecule has 4 aromatic rings. The Morgan fingerprint density at radius 1 is 0.782 bits per heavy atom.